The average Bonchev–Trinajstić information content (AvgIpc) is 2.68. The molecule has 0 N–H and O–H groups in total. The van der Waals surface area contributed by atoms with Crippen LogP contribution >= 0.6 is 0 Å². The number of hydrogen-bond acceptors (Lipinski definition) is 4. The fraction of sp³-hybridized carbons (Fsp3) is 0.250. The summed E-state index contributed by atoms with van der Waals surface area (Å²) in [6.07, 6.45) is 1.55. The van der Waals surface area contributed by atoms with E-state index < -0.39 is 0 Å². The fourth-order valence-corrected chi connectivity index (χ4v) is 2.88. The number of rotatable bonds is 5. The second kappa shape index (κ2) is 7.30. The van der Waals surface area contributed by atoms with Gasteiger partial charge in [-0.3, -0.25) is 9.78 Å². The van der Waals surface area contributed by atoms with Gasteiger partial charge >= 0.3 is 0 Å². The predicted octanol–water partition coefficient (Wildman–Crippen LogP) is 3.86. The molecular weight excluding hydrogens is 314 g/mol. The van der Waals surface area contributed by atoms with Crippen LogP contribution in [0.15, 0.2) is 54.7 Å². The van der Waals surface area contributed by atoms with E-state index in [2.05, 4.69) is 9.97 Å². The molecular formula is C20H21N3O2. The Morgan fingerprint density at radius 2 is 1.92 bits per heavy atom. The van der Waals surface area contributed by atoms with Crippen LogP contribution in [0.2, 0.25) is 0 Å². The van der Waals surface area contributed by atoms with E-state index in [4.69, 9.17) is 4.74 Å². The van der Waals surface area contributed by atoms with E-state index in [1.54, 1.807) is 18.2 Å². The maximum atomic E-state index is 13.0. The lowest BCUT2D eigenvalue weighted by Gasteiger charge is -2.28. The van der Waals surface area contributed by atoms with Gasteiger partial charge in [0.25, 0.3) is 5.91 Å². The lowest BCUT2D eigenvalue weighted by Crippen LogP contribution is -2.34. The number of para-hydroxylation sites is 2. The van der Waals surface area contributed by atoms with Gasteiger partial charge in [0.15, 0.2) is 0 Å². The van der Waals surface area contributed by atoms with Crippen LogP contribution in [0.3, 0.4) is 0 Å². The van der Waals surface area contributed by atoms with Crippen LogP contribution in [0.4, 0.5) is 0 Å². The van der Waals surface area contributed by atoms with Crippen molar-refractivity contribution in [1.29, 1.82) is 0 Å². The highest BCUT2D eigenvalue weighted by atomic mass is 16.5. The molecule has 0 aliphatic rings. The maximum absolute atomic E-state index is 13.0. The standard InChI is InChI=1S/C20H21N3O2/c1-4-23(14(2)15-8-7-9-16(12-15)25-3)20(24)19-13-21-17-10-5-6-11-18(17)22-19/h5-14H,4H2,1-3H3. The Labute approximate surface area is 147 Å². The van der Waals surface area contributed by atoms with Crippen molar-refractivity contribution in [2.24, 2.45) is 0 Å². The number of aromatic nitrogens is 2. The van der Waals surface area contributed by atoms with Crippen LogP contribution < -0.4 is 4.74 Å². The van der Waals surface area contributed by atoms with Gasteiger partial charge < -0.3 is 9.64 Å². The van der Waals surface area contributed by atoms with Crippen molar-refractivity contribution >= 4 is 16.9 Å². The van der Waals surface area contributed by atoms with Gasteiger partial charge in [-0.25, -0.2) is 4.98 Å². The highest BCUT2D eigenvalue weighted by molar-refractivity contribution is 5.94. The Hall–Kier alpha value is -2.95. The normalized spacial score (nSPS) is 12.0. The summed E-state index contributed by atoms with van der Waals surface area (Å²) in [6, 6.07) is 15.2. The van der Waals surface area contributed by atoms with Crippen LogP contribution in [-0.4, -0.2) is 34.4 Å². The summed E-state index contributed by atoms with van der Waals surface area (Å²) in [5.74, 6) is 0.648. The number of carbonyl (C=O) groups is 1. The zero-order valence-electron chi connectivity index (χ0n) is 14.6. The third-order valence-corrected chi connectivity index (χ3v) is 4.31. The largest absolute Gasteiger partial charge is 0.497 e. The molecule has 1 heterocycles. The fourth-order valence-electron chi connectivity index (χ4n) is 2.88. The van der Waals surface area contributed by atoms with Gasteiger partial charge in [-0.05, 0) is 43.7 Å². The topological polar surface area (TPSA) is 55.3 Å². The molecule has 1 atom stereocenters. The number of benzene rings is 2. The molecule has 2 aromatic carbocycles. The maximum Gasteiger partial charge on any atom is 0.274 e. The molecule has 128 valence electrons. The van der Waals surface area contributed by atoms with E-state index in [1.807, 2.05) is 62.4 Å². The Balaban J connectivity index is 1.91. The van der Waals surface area contributed by atoms with Crippen LogP contribution in [-0.2, 0) is 0 Å². The van der Waals surface area contributed by atoms with Crippen LogP contribution in [0.1, 0.15) is 35.9 Å². The summed E-state index contributed by atoms with van der Waals surface area (Å²) >= 11 is 0. The Morgan fingerprint density at radius 3 is 2.64 bits per heavy atom. The summed E-state index contributed by atoms with van der Waals surface area (Å²) in [7, 11) is 1.64. The third-order valence-electron chi connectivity index (χ3n) is 4.31. The van der Waals surface area contributed by atoms with Gasteiger partial charge in [0.1, 0.15) is 11.4 Å². The van der Waals surface area contributed by atoms with E-state index in [1.165, 1.54) is 0 Å². The van der Waals surface area contributed by atoms with Crippen LogP contribution in [0.25, 0.3) is 11.0 Å². The van der Waals surface area contributed by atoms with E-state index in [9.17, 15) is 4.79 Å². The van der Waals surface area contributed by atoms with E-state index >= 15 is 0 Å². The minimum Gasteiger partial charge on any atom is -0.497 e. The second-order valence-corrected chi connectivity index (χ2v) is 5.79. The molecule has 25 heavy (non-hydrogen) atoms. The molecule has 5 nitrogen and oxygen atoms in total. The zero-order valence-corrected chi connectivity index (χ0v) is 14.6. The molecule has 0 aliphatic carbocycles. The van der Waals surface area contributed by atoms with Gasteiger partial charge in [0.2, 0.25) is 0 Å². The summed E-state index contributed by atoms with van der Waals surface area (Å²) < 4.78 is 5.29. The highest BCUT2D eigenvalue weighted by Gasteiger charge is 2.23. The van der Waals surface area contributed by atoms with Crippen molar-refractivity contribution in [3.8, 4) is 5.75 Å². The zero-order chi connectivity index (χ0) is 17.8. The minimum atomic E-state index is -0.129. The molecule has 0 fully saturated rings. The van der Waals surface area contributed by atoms with E-state index in [0.29, 0.717) is 12.2 Å². The molecule has 0 radical (unpaired) electrons. The summed E-state index contributed by atoms with van der Waals surface area (Å²) in [5.41, 5.74) is 2.87. The first-order valence-electron chi connectivity index (χ1n) is 8.30. The molecule has 1 aromatic heterocycles. The van der Waals surface area contributed by atoms with Crippen molar-refractivity contribution in [2.75, 3.05) is 13.7 Å². The molecule has 3 rings (SSSR count). The molecule has 1 unspecified atom stereocenters. The SMILES string of the molecule is CCN(C(=O)c1cnc2ccccc2n1)C(C)c1cccc(OC)c1. The van der Waals surface area contributed by atoms with Crippen molar-refractivity contribution in [3.05, 3.63) is 66.0 Å². The number of fused-ring (bicyclic) bond motifs is 1. The lowest BCUT2D eigenvalue weighted by atomic mass is 10.1. The van der Waals surface area contributed by atoms with Crippen LogP contribution in [0, 0.1) is 0 Å². The number of methoxy groups -OCH3 is 1. The monoisotopic (exact) mass is 335 g/mol. The Bertz CT molecular complexity index is 895. The quantitative estimate of drug-likeness (QED) is 0.710. The summed E-state index contributed by atoms with van der Waals surface area (Å²) in [5, 5.41) is 0. The van der Waals surface area contributed by atoms with Gasteiger partial charge in [-0.1, -0.05) is 24.3 Å². The molecule has 0 spiro atoms. The predicted molar refractivity (Wildman–Crippen MR) is 97.7 cm³/mol. The summed E-state index contributed by atoms with van der Waals surface area (Å²) in [4.78, 5) is 23.6. The number of carbonyl (C=O) groups excluding carboxylic acids is 1. The molecule has 0 bridgehead atoms. The van der Waals surface area contributed by atoms with Gasteiger partial charge in [-0.15, -0.1) is 0 Å². The van der Waals surface area contributed by atoms with Gasteiger partial charge in [-0.2, -0.15) is 0 Å². The van der Waals surface area contributed by atoms with Gasteiger partial charge in [0, 0.05) is 6.54 Å². The van der Waals surface area contributed by atoms with Crippen molar-refractivity contribution in [3.63, 3.8) is 0 Å². The van der Waals surface area contributed by atoms with Crippen LogP contribution in [0.5, 0.6) is 5.75 Å². The number of nitrogens with zero attached hydrogens (tertiary/aromatic N) is 3. The second-order valence-electron chi connectivity index (χ2n) is 5.79. The number of hydrogen-bond donors (Lipinski definition) is 0. The smallest absolute Gasteiger partial charge is 0.274 e. The highest BCUT2D eigenvalue weighted by Crippen LogP contribution is 2.25. The van der Waals surface area contributed by atoms with Gasteiger partial charge in [0.05, 0.1) is 30.4 Å². The molecule has 5 heteroatoms. The van der Waals surface area contributed by atoms with E-state index in [0.717, 1.165) is 22.3 Å². The third kappa shape index (κ3) is 3.45. The first-order valence-corrected chi connectivity index (χ1v) is 8.30. The van der Waals surface area contributed by atoms with Crippen molar-refractivity contribution in [2.45, 2.75) is 19.9 Å². The molecule has 1 amide bonds. The van der Waals surface area contributed by atoms with E-state index in [-0.39, 0.29) is 11.9 Å². The molecule has 0 saturated heterocycles. The molecule has 0 aliphatic heterocycles. The minimum absolute atomic E-state index is 0.0964. The summed E-state index contributed by atoms with van der Waals surface area (Å²) in [6.45, 7) is 4.54. The molecule has 0 saturated carbocycles. The first kappa shape index (κ1) is 16.9. The molecule has 3 aromatic rings. The number of amides is 1. The first-order chi connectivity index (χ1) is 12.1. The average molecular weight is 335 g/mol. The lowest BCUT2D eigenvalue weighted by molar-refractivity contribution is 0.0696. The Morgan fingerprint density at radius 1 is 1.16 bits per heavy atom. The van der Waals surface area contributed by atoms with Crippen molar-refractivity contribution < 1.29 is 9.53 Å². The number of ether oxygens (including phenoxy) is 1. The Kier molecular flexibility index (Phi) is 4.93. The van der Waals surface area contributed by atoms with Crippen molar-refractivity contribution in [1.82, 2.24) is 14.9 Å².